The zero-order valence-corrected chi connectivity index (χ0v) is 11.1. The van der Waals surface area contributed by atoms with E-state index >= 15 is 0 Å². The van der Waals surface area contributed by atoms with Crippen molar-refractivity contribution in [3.63, 3.8) is 0 Å². The van der Waals surface area contributed by atoms with E-state index in [1.54, 1.807) is 29.5 Å². The molecule has 2 nitrogen and oxygen atoms in total. The van der Waals surface area contributed by atoms with Crippen molar-refractivity contribution in [3.8, 4) is 5.75 Å². The van der Waals surface area contributed by atoms with E-state index in [-0.39, 0.29) is 5.82 Å². The van der Waals surface area contributed by atoms with Gasteiger partial charge in [-0.1, -0.05) is 12.1 Å². The van der Waals surface area contributed by atoms with Gasteiger partial charge in [-0.25, -0.2) is 4.39 Å². The summed E-state index contributed by atoms with van der Waals surface area (Å²) in [6.07, 6.45) is 0.967. The number of nitrogens with one attached hydrogen (secondary N) is 1. The van der Waals surface area contributed by atoms with E-state index < -0.39 is 0 Å². The van der Waals surface area contributed by atoms with Crippen molar-refractivity contribution >= 4 is 11.3 Å². The first-order valence-electron chi connectivity index (χ1n) is 5.84. The van der Waals surface area contributed by atoms with Crippen LogP contribution in [0.5, 0.6) is 5.75 Å². The van der Waals surface area contributed by atoms with Gasteiger partial charge in [-0.15, -0.1) is 0 Å². The molecule has 96 valence electrons. The number of hydrogen-bond acceptors (Lipinski definition) is 3. The maximum absolute atomic E-state index is 13.8. The molecule has 0 bridgehead atoms. The number of thiophene rings is 1. The molecular formula is C14H16FNOS. The van der Waals surface area contributed by atoms with Crippen LogP contribution < -0.4 is 10.1 Å². The Bertz CT molecular complexity index is 485. The maximum atomic E-state index is 13.8. The molecule has 0 amide bonds. The molecule has 2 aromatic rings. The Hall–Kier alpha value is -1.39. The summed E-state index contributed by atoms with van der Waals surface area (Å²) in [5, 5.41) is 7.44. The highest BCUT2D eigenvalue weighted by Crippen LogP contribution is 2.19. The van der Waals surface area contributed by atoms with Gasteiger partial charge in [-0.3, -0.25) is 0 Å². The molecule has 0 atom stereocenters. The van der Waals surface area contributed by atoms with Crippen LogP contribution in [0.3, 0.4) is 0 Å². The second kappa shape index (κ2) is 6.52. The summed E-state index contributed by atoms with van der Waals surface area (Å²) >= 11 is 1.70. The number of methoxy groups -OCH3 is 1. The Labute approximate surface area is 110 Å². The minimum absolute atomic E-state index is 0.275. The van der Waals surface area contributed by atoms with Crippen LogP contribution in [0.2, 0.25) is 0 Å². The molecular weight excluding hydrogens is 249 g/mol. The predicted octanol–water partition coefficient (Wildman–Crippen LogP) is 3.23. The molecule has 0 saturated carbocycles. The van der Waals surface area contributed by atoms with Gasteiger partial charge in [0.1, 0.15) is 0 Å². The molecule has 0 spiro atoms. The van der Waals surface area contributed by atoms with Crippen LogP contribution in [0.4, 0.5) is 4.39 Å². The molecule has 1 aromatic carbocycles. The largest absolute Gasteiger partial charge is 0.494 e. The first-order chi connectivity index (χ1) is 8.81. The van der Waals surface area contributed by atoms with Gasteiger partial charge < -0.3 is 10.1 Å². The van der Waals surface area contributed by atoms with Gasteiger partial charge >= 0.3 is 0 Å². The lowest BCUT2D eigenvalue weighted by molar-refractivity contribution is 0.383. The lowest BCUT2D eigenvalue weighted by Crippen LogP contribution is -2.17. The molecule has 1 heterocycles. The average molecular weight is 265 g/mol. The summed E-state index contributed by atoms with van der Waals surface area (Å²) in [5.41, 5.74) is 1.96. The second-order valence-electron chi connectivity index (χ2n) is 3.99. The average Bonchev–Trinajstić information content (AvgIpc) is 2.89. The minimum Gasteiger partial charge on any atom is -0.494 e. The molecule has 1 N–H and O–H groups in total. The zero-order valence-electron chi connectivity index (χ0n) is 10.3. The van der Waals surface area contributed by atoms with Crippen molar-refractivity contribution in [2.45, 2.75) is 13.0 Å². The molecule has 0 unspecified atom stereocenters. The molecule has 0 aliphatic rings. The number of halogens is 1. The van der Waals surface area contributed by atoms with Crippen LogP contribution in [-0.2, 0) is 13.0 Å². The number of rotatable bonds is 6. The van der Waals surface area contributed by atoms with Crippen LogP contribution in [0.15, 0.2) is 35.0 Å². The highest BCUT2D eigenvalue weighted by molar-refractivity contribution is 7.07. The quantitative estimate of drug-likeness (QED) is 0.810. The van der Waals surface area contributed by atoms with Crippen molar-refractivity contribution in [3.05, 3.63) is 52.0 Å². The van der Waals surface area contributed by atoms with E-state index in [1.807, 2.05) is 0 Å². The molecule has 0 aliphatic heterocycles. The fraction of sp³-hybridized carbons (Fsp3) is 0.286. The molecule has 18 heavy (non-hydrogen) atoms. The first kappa shape index (κ1) is 13.1. The van der Waals surface area contributed by atoms with Crippen molar-refractivity contribution in [1.29, 1.82) is 0 Å². The van der Waals surface area contributed by atoms with Gasteiger partial charge in [-0.05, 0) is 41.4 Å². The third kappa shape index (κ3) is 3.31. The van der Waals surface area contributed by atoms with Gasteiger partial charge in [-0.2, -0.15) is 11.3 Å². The highest BCUT2D eigenvalue weighted by atomic mass is 32.1. The number of benzene rings is 1. The first-order valence-corrected chi connectivity index (χ1v) is 6.78. The van der Waals surface area contributed by atoms with Crippen LogP contribution in [0.25, 0.3) is 0 Å². The van der Waals surface area contributed by atoms with Crippen LogP contribution in [-0.4, -0.2) is 13.7 Å². The SMILES string of the molecule is COc1cccc(CNCCc2ccsc2)c1F. The molecule has 2 rings (SSSR count). The molecule has 0 aliphatic carbocycles. The summed E-state index contributed by atoms with van der Waals surface area (Å²) in [5.74, 6) is 0.0233. The zero-order chi connectivity index (χ0) is 12.8. The summed E-state index contributed by atoms with van der Waals surface area (Å²) in [4.78, 5) is 0. The standard InChI is InChI=1S/C14H16FNOS/c1-17-13-4-2-3-12(14(13)15)9-16-7-5-11-6-8-18-10-11/h2-4,6,8,10,16H,5,7,9H2,1H3. The van der Waals surface area contributed by atoms with Crippen molar-refractivity contribution in [2.24, 2.45) is 0 Å². The van der Waals surface area contributed by atoms with Crippen molar-refractivity contribution in [1.82, 2.24) is 5.32 Å². The molecule has 1 aromatic heterocycles. The Kier molecular flexibility index (Phi) is 4.73. The topological polar surface area (TPSA) is 21.3 Å². The molecule has 4 heteroatoms. The molecule has 0 radical (unpaired) electrons. The highest BCUT2D eigenvalue weighted by Gasteiger charge is 2.07. The Morgan fingerprint density at radius 2 is 2.22 bits per heavy atom. The summed E-state index contributed by atoms with van der Waals surface area (Å²) in [6, 6.07) is 7.32. The van der Waals surface area contributed by atoms with E-state index in [0.717, 1.165) is 13.0 Å². The lowest BCUT2D eigenvalue weighted by Gasteiger charge is -2.08. The Morgan fingerprint density at radius 1 is 1.33 bits per heavy atom. The third-order valence-electron chi connectivity index (χ3n) is 2.75. The maximum Gasteiger partial charge on any atom is 0.169 e. The smallest absolute Gasteiger partial charge is 0.169 e. The normalized spacial score (nSPS) is 10.6. The summed E-state index contributed by atoms with van der Waals surface area (Å²) in [7, 11) is 1.48. The number of hydrogen-bond donors (Lipinski definition) is 1. The molecule has 0 fully saturated rings. The van der Waals surface area contributed by atoms with Crippen LogP contribution in [0.1, 0.15) is 11.1 Å². The Morgan fingerprint density at radius 3 is 2.94 bits per heavy atom. The fourth-order valence-electron chi connectivity index (χ4n) is 1.74. The van der Waals surface area contributed by atoms with Crippen molar-refractivity contribution in [2.75, 3.05) is 13.7 Å². The van der Waals surface area contributed by atoms with E-state index in [0.29, 0.717) is 17.9 Å². The van der Waals surface area contributed by atoms with Gasteiger partial charge in [0.2, 0.25) is 0 Å². The van der Waals surface area contributed by atoms with Crippen LogP contribution >= 0.6 is 11.3 Å². The van der Waals surface area contributed by atoms with E-state index in [1.165, 1.54) is 12.7 Å². The van der Waals surface area contributed by atoms with E-state index in [9.17, 15) is 4.39 Å². The van der Waals surface area contributed by atoms with Gasteiger partial charge in [0, 0.05) is 12.1 Å². The van der Waals surface area contributed by atoms with Gasteiger partial charge in [0.25, 0.3) is 0 Å². The summed E-state index contributed by atoms with van der Waals surface area (Å²) < 4.78 is 18.8. The third-order valence-corrected chi connectivity index (χ3v) is 3.48. The monoisotopic (exact) mass is 265 g/mol. The number of ether oxygens (including phenoxy) is 1. The fourth-order valence-corrected chi connectivity index (χ4v) is 2.44. The van der Waals surface area contributed by atoms with Crippen molar-refractivity contribution < 1.29 is 9.13 Å². The molecule has 0 saturated heterocycles. The lowest BCUT2D eigenvalue weighted by atomic mass is 10.2. The minimum atomic E-state index is -0.275. The van der Waals surface area contributed by atoms with Gasteiger partial charge in [0.15, 0.2) is 11.6 Å². The van der Waals surface area contributed by atoms with E-state index in [2.05, 4.69) is 22.1 Å². The Balaban J connectivity index is 1.83. The second-order valence-corrected chi connectivity index (χ2v) is 4.77. The predicted molar refractivity (Wildman–Crippen MR) is 72.7 cm³/mol. The summed E-state index contributed by atoms with van der Waals surface area (Å²) in [6.45, 7) is 1.36. The van der Waals surface area contributed by atoms with E-state index in [4.69, 9.17) is 4.74 Å². The van der Waals surface area contributed by atoms with Gasteiger partial charge in [0.05, 0.1) is 7.11 Å². The van der Waals surface area contributed by atoms with Crippen LogP contribution in [0, 0.1) is 5.82 Å².